The van der Waals surface area contributed by atoms with E-state index in [1.807, 2.05) is 52.9 Å². The fourth-order valence-electron chi connectivity index (χ4n) is 6.99. The molecule has 0 aliphatic heterocycles. The van der Waals surface area contributed by atoms with E-state index in [4.69, 9.17) is 4.98 Å². The monoisotopic (exact) mass is 951 g/mol. The molecule has 295 valence electrons. The molecule has 0 unspecified atom stereocenters. The molecule has 0 aliphatic rings. The predicted octanol–water partition coefficient (Wildman–Crippen LogP) is 15.3. The van der Waals surface area contributed by atoms with Gasteiger partial charge in [-0.15, -0.1) is 51.8 Å². The summed E-state index contributed by atoms with van der Waals surface area (Å²) in [5.74, 6) is 0.952. The Morgan fingerprint density at radius 1 is 0.891 bits per heavy atom. The van der Waals surface area contributed by atoms with Gasteiger partial charge in [-0.2, -0.15) is 0 Å². The van der Waals surface area contributed by atoms with Crippen molar-refractivity contribution in [2.45, 2.75) is 121 Å². The molecule has 55 heavy (non-hydrogen) atoms. The van der Waals surface area contributed by atoms with E-state index in [9.17, 15) is 9.90 Å². The van der Waals surface area contributed by atoms with Crippen LogP contribution < -0.4 is 0 Å². The summed E-state index contributed by atoms with van der Waals surface area (Å²) in [4.78, 5) is 19.9. The van der Waals surface area contributed by atoms with Gasteiger partial charge in [0.1, 0.15) is 10.6 Å². The molecule has 6 aromatic rings. The van der Waals surface area contributed by atoms with Gasteiger partial charge in [-0.3, -0.25) is 9.78 Å². The molecule has 3 nitrogen and oxygen atoms in total. The molecule has 0 bridgehead atoms. The summed E-state index contributed by atoms with van der Waals surface area (Å²) in [6.45, 7) is 25.7. The molecule has 3 heterocycles. The quantitative estimate of drug-likeness (QED) is 0.0800. The van der Waals surface area contributed by atoms with E-state index in [2.05, 4.69) is 114 Å². The number of allylic oxidation sites excluding steroid dienone is 2. The average molecular weight is 951 g/mol. The number of benzene rings is 3. The Morgan fingerprint density at radius 2 is 1.55 bits per heavy atom. The maximum atomic E-state index is 12.2. The molecule has 1 radical (unpaired) electrons. The number of aryl methyl sites for hydroxylation is 1. The van der Waals surface area contributed by atoms with Crippen LogP contribution in [0, 0.1) is 29.7 Å². The third kappa shape index (κ3) is 9.70. The molecule has 0 saturated carbocycles. The number of nitrogens with zero attached hydrogens (tertiary/aromatic N) is 1. The summed E-state index contributed by atoms with van der Waals surface area (Å²) >= 11 is 3.67. The number of thiophene rings is 2. The Labute approximate surface area is 352 Å². The van der Waals surface area contributed by atoms with Gasteiger partial charge in [-0.05, 0) is 90.0 Å². The maximum absolute atomic E-state index is 12.2. The molecule has 0 atom stereocenters. The third-order valence-electron chi connectivity index (χ3n) is 11.7. The number of pyridine rings is 1. The molecule has 0 amide bonds. The summed E-state index contributed by atoms with van der Waals surface area (Å²) in [7, 11) is 0. The zero-order chi connectivity index (χ0) is 39.6. The van der Waals surface area contributed by atoms with E-state index in [0.717, 1.165) is 53.6 Å². The van der Waals surface area contributed by atoms with Crippen LogP contribution in [-0.2, 0) is 36.7 Å². The van der Waals surface area contributed by atoms with Gasteiger partial charge in [0, 0.05) is 57.7 Å². The Kier molecular flexibility index (Phi) is 14.6. The van der Waals surface area contributed by atoms with E-state index in [-0.39, 0.29) is 47.9 Å². The minimum atomic E-state index is -0.337. The molecule has 0 spiro atoms. The van der Waals surface area contributed by atoms with Gasteiger partial charge < -0.3 is 5.11 Å². The Morgan fingerprint density at radius 3 is 2.16 bits per heavy atom. The first kappa shape index (κ1) is 44.6. The second-order valence-electron chi connectivity index (χ2n) is 17.0. The molecule has 0 saturated heterocycles. The van der Waals surface area contributed by atoms with Crippen LogP contribution in [0.1, 0.15) is 118 Å². The molecule has 6 rings (SSSR count). The maximum Gasteiger partial charge on any atom is 0.164 e. The fourth-order valence-corrected chi connectivity index (χ4v) is 9.25. The number of fused-ring (bicyclic) bond motifs is 3. The Hall–Kier alpha value is -3.15. The fraction of sp³-hybridized carbons (Fsp3) is 0.429. The van der Waals surface area contributed by atoms with Gasteiger partial charge in [0.2, 0.25) is 0 Å². The van der Waals surface area contributed by atoms with Gasteiger partial charge in [0.05, 0.1) is 0 Å². The number of aliphatic hydroxyl groups is 1. The molecule has 6 heteroatoms. The molecule has 1 N–H and O–H groups in total. The minimum absolute atomic E-state index is 0. The number of aliphatic hydroxyl groups excluding tert-OH is 1. The SMILES string of the molecule is CCC(C)(CC)C(=O)/C=C(\O)C(C)(CC)CC.Cc1csc2nc(-c3[c-]c4ccccc4c(C(C)(C)C)c3)cc(-c3ccc4cc(CC(C)C)sc4c3)c12.[Ir]. The van der Waals surface area contributed by atoms with Crippen molar-refractivity contribution in [1.82, 2.24) is 4.98 Å². The van der Waals surface area contributed by atoms with E-state index in [1.165, 1.54) is 54.1 Å². The van der Waals surface area contributed by atoms with Crippen LogP contribution in [-0.4, -0.2) is 15.9 Å². The Balaban J connectivity index is 0.000000320. The van der Waals surface area contributed by atoms with Crippen molar-refractivity contribution < 1.29 is 30.0 Å². The third-order valence-corrected chi connectivity index (χ3v) is 13.8. The van der Waals surface area contributed by atoms with Gasteiger partial charge >= 0.3 is 0 Å². The van der Waals surface area contributed by atoms with Gasteiger partial charge in [0.25, 0.3) is 0 Å². The first-order valence-electron chi connectivity index (χ1n) is 19.8. The summed E-state index contributed by atoms with van der Waals surface area (Å²) in [5.41, 5.74) is 6.62. The molecule has 3 aromatic carbocycles. The number of hydrogen-bond donors (Lipinski definition) is 1. The van der Waals surface area contributed by atoms with Crippen LogP contribution in [0.15, 0.2) is 77.9 Å². The van der Waals surface area contributed by atoms with E-state index < -0.39 is 0 Å². The number of hydrogen-bond acceptors (Lipinski definition) is 5. The largest absolute Gasteiger partial charge is 0.512 e. The smallest absolute Gasteiger partial charge is 0.164 e. The van der Waals surface area contributed by atoms with Crippen LogP contribution in [0.25, 0.3) is 53.5 Å². The van der Waals surface area contributed by atoms with Gasteiger partial charge in [-0.25, -0.2) is 0 Å². The summed E-state index contributed by atoms with van der Waals surface area (Å²) in [6, 6.07) is 26.2. The van der Waals surface area contributed by atoms with Crippen molar-refractivity contribution in [3.8, 4) is 22.4 Å². The number of carbonyl (C=O) groups is 1. The molecule has 3 aromatic heterocycles. The predicted molar refractivity (Wildman–Crippen MR) is 237 cm³/mol. The van der Waals surface area contributed by atoms with Crippen LogP contribution in [0.5, 0.6) is 0 Å². The van der Waals surface area contributed by atoms with Gasteiger partial charge in [0.15, 0.2) is 5.78 Å². The van der Waals surface area contributed by atoms with Crippen molar-refractivity contribution in [3.63, 3.8) is 0 Å². The minimum Gasteiger partial charge on any atom is -0.512 e. The zero-order valence-corrected chi connectivity index (χ0v) is 39.0. The van der Waals surface area contributed by atoms with Crippen molar-refractivity contribution in [3.05, 3.63) is 99.9 Å². The first-order valence-corrected chi connectivity index (χ1v) is 21.5. The van der Waals surface area contributed by atoms with Crippen LogP contribution in [0.4, 0.5) is 0 Å². The molecule has 0 fully saturated rings. The van der Waals surface area contributed by atoms with Crippen molar-refractivity contribution in [2.24, 2.45) is 16.7 Å². The number of rotatable bonds is 11. The number of carbonyl (C=O) groups excluding carboxylic acids is 1. The van der Waals surface area contributed by atoms with Crippen molar-refractivity contribution >= 4 is 59.5 Å². The van der Waals surface area contributed by atoms with E-state index in [0.29, 0.717) is 5.92 Å². The second kappa shape index (κ2) is 18.0. The molecular weight excluding hydrogens is 891 g/mol. The van der Waals surface area contributed by atoms with Crippen LogP contribution >= 0.6 is 22.7 Å². The standard InChI is InChI=1S/C34H32NS2.C15H28O2.Ir/c1-20(2)13-26-15-24-12-11-23(17-31(24)37-26)28-18-30(35-33-32(28)21(3)19-36-33)25-14-22-9-7-8-10-27(22)29(16-25)34(4,5)6;1-7-14(5,8-2)12(16)11-13(17)15(6,9-3)10-4;/h7-12,15-20H,13H2,1-6H3;11,16H,7-10H2,1-6H3;/q-1;;/b;12-11-;. The van der Waals surface area contributed by atoms with E-state index in [1.54, 1.807) is 11.3 Å². The zero-order valence-electron chi connectivity index (χ0n) is 35.0. The van der Waals surface area contributed by atoms with Crippen molar-refractivity contribution in [2.75, 3.05) is 0 Å². The number of ketones is 1. The topological polar surface area (TPSA) is 50.2 Å². The Bertz CT molecular complexity index is 2290. The molecule has 0 aliphatic carbocycles. The normalized spacial score (nSPS) is 12.6. The number of aromatic nitrogens is 1. The van der Waals surface area contributed by atoms with E-state index >= 15 is 0 Å². The second-order valence-corrected chi connectivity index (χ2v) is 19.1. The van der Waals surface area contributed by atoms with Crippen molar-refractivity contribution in [1.29, 1.82) is 0 Å². The van der Waals surface area contributed by atoms with Crippen LogP contribution in [0.2, 0.25) is 0 Å². The summed E-state index contributed by atoms with van der Waals surface area (Å²) < 4.78 is 1.36. The molecular formula is C49H60IrNO2S2-. The van der Waals surface area contributed by atoms with Gasteiger partial charge in [-0.1, -0.05) is 124 Å². The summed E-state index contributed by atoms with van der Waals surface area (Å²) in [5, 5.41) is 17.4. The van der Waals surface area contributed by atoms with Crippen LogP contribution in [0.3, 0.4) is 0 Å². The average Bonchev–Trinajstić information content (AvgIpc) is 3.74. The first-order chi connectivity index (χ1) is 25.5. The summed E-state index contributed by atoms with van der Waals surface area (Å²) in [6.07, 6.45) is 5.89.